The maximum Gasteiger partial charge on any atom is 0.257 e. The van der Waals surface area contributed by atoms with Crippen molar-refractivity contribution in [1.29, 1.82) is 0 Å². The average Bonchev–Trinajstić information content (AvgIpc) is 3.39. The van der Waals surface area contributed by atoms with Crippen molar-refractivity contribution in [3.8, 4) is 5.69 Å². The molecule has 31 heavy (non-hydrogen) atoms. The van der Waals surface area contributed by atoms with Crippen LogP contribution in [0.1, 0.15) is 34.6 Å². The minimum atomic E-state index is -3.56. The van der Waals surface area contributed by atoms with Gasteiger partial charge in [0.1, 0.15) is 0 Å². The molecule has 0 spiro atoms. The third-order valence-corrected chi connectivity index (χ3v) is 7.74. The highest BCUT2D eigenvalue weighted by Gasteiger charge is 2.27. The van der Waals surface area contributed by atoms with Crippen LogP contribution in [0.3, 0.4) is 0 Å². The molecule has 1 N–H and O–H groups in total. The van der Waals surface area contributed by atoms with E-state index in [-0.39, 0.29) is 4.90 Å². The van der Waals surface area contributed by atoms with Gasteiger partial charge in [0.2, 0.25) is 10.0 Å². The first-order chi connectivity index (χ1) is 14.8. The lowest BCUT2D eigenvalue weighted by molar-refractivity contribution is 0.102. The van der Waals surface area contributed by atoms with Crippen LogP contribution in [-0.4, -0.2) is 36.3 Å². The van der Waals surface area contributed by atoms with Crippen molar-refractivity contribution in [3.05, 3.63) is 76.6 Å². The first-order valence-electron chi connectivity index (χ1n) is 10.1. The van der Waals surface area contributed by atoms with Crippen LogP contribution in [0.4, 0.5) is 5.69 Å². The van der Waals surface area contributed by atoms with E-state index in [2.05, 4.69) is 5.32 Å². The first-order valence-corrected chi connectivity index (χ1v) is 12.0. The number of aromatic nitrogens is 1. The lowest BCUT2D eigenvalue weighted by Gasteiger charge is -2.16. The standard InChI is InChI=1S/C23H24ClN3O3S/c1-16-8-9-17(2)27(16)19-10-11-22(24)21(15-19)23(28)25-18-6-5-7-20(14-18)31(29,30)26-12-3-4-13-26/h5-11,14-15H,3-4,12-13H2,1-2H3,(H,25,28). The molecule has 2 aromatic carbocycles. The van der Waals surface area contributed by atoms with Gasteiger partial charge in [0.15, 0.2) is 0 Å². The molecule has 162 valence electrons. The predicted octanol–water partition coefficient (Wildman–Crippen LogP) is 4.78. The van der Waals surface area contributed by atoms with Crippen molar-refractivity contribution in [3.63, 3.8) is 0 Å². The van der Waals surface area contributed by atoms with Crippen LogP contribution in [0, 0.1) is 13.8 Å². The van der Waals surface area contributed by atoms with Crippen LogP contribution in [0.5, 0.6) is 0 Å². The number of halogens is 1. The average molecular weight is 458 g/mol. The number of sulfonamides is 1. The third-order valence-electron chi connectivity index (χ3n) is 5.52. The minimum Gasteiger partial charge on any atom is -0.322 e. The quantitative estimate of drug-likeness (QED) is 0.599. The number of anilines is 1. The molecule has 8 heteroatoms. The molecule has 1 aromatic heterocycles. The van der Waals surface area contributed by atoms with E-state index in [1.165, 1.54) is 10.4 Å². The van der Waals surface area contributed by atoms with Crippen LogP contribution in [0.15, 0.2) is 59.5 Å². The van der Waals surface area contributed by atoms with Gasteiger partial charge < -0.3 is 9.88 Å². The fraction of sp³-hybridized carbons (Fsp3) is 0.261. The van der Waals surface area contributed by atoms with Gasteiger partial charge in [-0.1, -0.05) is 17.7 Å². The number of amides is 1. The molecule has 0 atom stereocenters. The monoisotopic (exact) mass is 457 g/mol. The molecule has 1 aliphatic rings. The molecule has 1 fully saturated rings. The molecule has 3 aromatic rings. The number of nitrogens with zero attached hydrogens (tertiary/aromatic N) is 2. The first kappa shape index (κ1) is 21.6. The summed E-state index contributed by atoms with van der Waals surface area (Å²) in [7, 11) is -3.56. The normalized spacial score (nSPS) is 14.7. The summed E-state index contributed by atoms with van der Waals surface area (Å²) in [6.45, 7) is 5.04. The SMILES string of the molecule is Cc1ccc(C)n1-c1ccc(Cl)c(C(=O)Nc2cccc(S(=O)(=O)N3CCCC3)c2)c1. The van der Waals surface area contributed by atoms with Gasteiger partial charge in [0, 0.05) is 35.9 Å². The molecule has 0 bridgehead atoms. The molecular formula is C23H24ClN3O3S. The van der Waals surface area contributed by atoms with E-state index in [1.54, 1.807) is 30.3 Å². The molecule has 6 nitrogen and oxygen atoms in total. The van der Waals surface area contributed by atoms with E-state index < -0.39 is 15.9 Å². The smallest absolute Gasteiger partial charge is 0.257 e. The number of carbonyl (C=O) groups excluding carboxylic acids is 1. The topological polar surface area (TPSA) is 71.4 Å². The van der Waals surface area contributed by atoms with Crippen molar-refractivity contribution in [2.75, 3.05) is 18.4 Å². The number of carbonyl (C=O) groups is 1. The Balaban J connectivity index is 1.61. The van der Waals surface area contributed by atoms with Gasteiger partial charge >= 0.3 is 0 Å². The van der Waals surface area contributed by atoms with Gasteiger partial charge in [0.25, 0.3) is 5.91 Å². The number of hydrogen-bond acceptors (Lipinski definition) is 3. The van der Waals surface area contributed by atoms with Crippen molar-refractivity contribution in [2.45, 2.75) is 31.6 Å². The van der Waals surface area contributed by atoms with E-state index in [1.807, 2.05) is 36.6 Å². The predicted molar refractivity (Wildman–Crippen MR) is 123 cm³/mol. The third kappa shape index (κ3) is 4.26. The highest BCUT2D eigenvalue weighted by atomic mass is 35.5. The van der Waals surface area contributed by atoms with Crippen LogP contribution in [0.2, 0.25) is 5.02 Å². The van der Waals surface area contributed by atoms with Crippen LogP contribution < -0.4 is 5.32 Å². The zero-order valence-corrected chi connectivity index (χ0v) is 19.0. The summed E-state index contributed by atoms with van der Waals surface area (Å²) in [4.78, 5) is 13.2. The van der Waals surface area contributed by atoms with Gasteiger partial charge in [-0.2, -0.15) is 4.31 Å². The summed E-state index contributed by atoms with van der Waals surface area (Å²) in [6, 6.07) is 15.6. The molecule has 1 aliphatic heterocycles. The fourth-order valence-corrected chi connectivity index (χ4v) is 5.68. The number of nitrogens with one attached hydrogen (secondary N) is 1. The summed E-state index contributed by atoms with van der Waals surface area (Å²) >= 11 is 6.32. The summed E-state index contributed by atoms with van der Waals surface area (Å²) in [5.41, 5.74) is 3.65. The zero-order valence-electron chi connectivity index (χ0n) is 17.4. The number of aryl methyl sites for hydroxylation is 2. The van der Waals surface area contributed by atoms with Crippen molar-refractivity contribution in [2.24, 2.45) is 0 Å². The van der Waals surface area contributed by atoms with Crippen molar-refractivity contribution < 1.29 is 13.2 Å². The van der Waals surface area contributed by atoms with E-state index in [9.17, 15) is 13.2 Å². The molecule has 4 rings (SSSR count). The zero-order chi connectivity index (χ0) is 22.2. The Morgan fingerprint density at radius 2 is 1.65 bits per heavy atom. The number of hydrogen-bond donors (Lipinski definition) is 1. The molecule has 0 saturated carbocycles. The Bertz CT molecular complexity index is 1230. The van der Waals surface area contributed by atoms with E-state index in [0.717, 1.165) is 29.9 Å². The van der Waals surface area contributed by atoms with Gasteiger partial charge in [-0.3, -0.25) is 4.79 Å². The molecule has 0 aliphatic carbocycles. The van der Waals surface area contributed by atoms with Gasteiger partial charge in [-0.05, 0) is 75.2 Å². The Morgan fingerprint density at radius 1 is 0.968 bits per heavy atom. The lowest BCUT2D eigenvalue weighted by Crippen LogP contribution is -2.27. The van der Waals surface area contributed by atoms with Crippen molar-refractivity contribution >= 4 is 33.2 Å². The Hall–Kier alpha value is -2.61. The Kier molecular flexibility index (Phi) is 5.92. The van der Waals surface area contributed by atoms with E-state index in [0.29, 0.717) is 29.4 Å². The highest BCUT2D eigenvalue weighted by molar-refractivity contribution is 7.89. The second-order valence-corrected chi connectivity index (χ2v) is 10.1. The summed E-state index contributed by atoms with van der Waals surface area (Å²) in [5.74, 6) is -0.398. The lowest BCUT2D eigenvalue weighted by atomic mass is 10.1. The molecule has 0 radical (unpaired) electrons. The molecule has 2 heterocycles. The highest BCUT2D eigenvalue weighted by Crippen LogP contribution is 2.26. The Morgan fingerprint density at radius 3 is 2.32 bits per heavy atom. The molecule has 1 saturated heterocycles. The number of rotatable bonds is 5. The molecular weight excluding hydrogens is 434 g/mol. The number of benzene rings is 2. The second-order valence-electron chi connectivity index (χ2n) is 7.71. The van der Waals surface area contributed by atoms with E-state index in [4.69, 9.17) is 11.6 Å². The summed E-state index contributed by atoms with van der Waals surface area (Å²) in [5, 5.41) is 3.11. The maximum atomic E-state index is 13.0. The summed E-state index contributed by atoms with van der Waals surface area (Å²) in [6.07, 6.45) is 1.73. The van der Waals surface area contributed by atoms with Crippen molar-refractivity contribution in [1.82, 2.24) is 8.87 Å². The molecule has 1 amide bonds. The minimum absolute atomic E-state index is 0.172. The maximum absolute atomic E-state index is 13.0. The largest absolute Gasteiger partial charge is 0.322 e. The van der Waals surface area contributed by atoms with Crippen LogP contribution in [-0.2, 0) is 10.0 Å². The second kappa shape index (κ2) is 8.49. The van der Waals surface area contributed by atoms with Crippen LogP contribution >= 0.6 is 11.6 Å². The van der Waals surface area contributed by atoms with Gasteiger partial charge in [-0.25, -0.2) is 8.42 Å². The van der Waals surface area contributed by atoms with Gasteiger partial charge in [0.05, 0.1) is 15.5 Å². The fourth-order valence-electron chi connectivity index (χ4n) is 3.91. The summed E-state index contributed by atoms with van der Waals surface area (Å²) < 4.78 is 29.2. The van der Waals surface area contributed by atoms with Gasteiger partial charge in [-0.15, -0.1) is 0 Å². The Labute approximate surface area is 187 Å². The molecule has 0 unspecified atom stereocenters. The van der Waals surface area contributed by atoms with E-state index >= 15 is 0 Å². The van der Waals surface area contributed by atoms with Crippen LogP contribution in [0.25, 0.3) is 5.69 Å².